The topological polar surface area (TPSA) is 20.3 Å². The molecule has 1 aliphatic rings. The van der Waals surface area contributed by atoms with Gasteiger partial charge in [0, 0.05) is 18.8 Å². The predicted molar refractivity (Wildman–Crippen MR) is 59.2 cm³/mol. The summed E-state index contributed by atoms with van der Waals surface area (Å²) in [5.41, 5.74) is 1.22. The number of carbonyl (C=O) groups is 1. The lowest BCUT2D eigenvalue weighted by Gasteiger charge is -2.26. The summed E-state index contributed by atoms with van der Waals surface area (Å²) in [6.07, 6.45) is 0. The third-order valence-corrected chi connectivity index (χ3v) is 3.22. The van der Waals surface area contributed by atoms with E-state index in [1.807, 2.05) is 23.1 Å². The normalized spacial score (nSPS) is 17.1. The lowest BCUT2D eigenvalue weighted by atomic mass is 10.2. The summed E-state index contributed by atoms with van der Waals surface area (Å²) >= 11 is 1.73. The third-order valence-electron chi connectivity index (χ3n) is 2.30. The first-order chi connectivity index (χ1) is 6.86. The van der Waals surface area contributed by atoms with Gasteiger partial charge < -0.3 is 4.90 Å². The number of benzene rings is 1. The summed E-state index contributed by atoms with van der Waals surface area (Å²) in [6, 6.07) is 10.2. The molecule has 0 bridgehead atoms. The molecule has 1 fully saturated rings. The number of thioether (sulfide) groups is 1. The highest BCUT2D eigenvalue weighted by Gasteiger charge is 2.17. The molecule has 0 aromatic heterocycles. The molecule has 0 aliphatic carbocycles. The minimum absolute atomic E-state index is 0.269. The highest BCUT2D eigenvalue weighted by molar-refractivity contribution is 8.00. The predicted octanol–water partition coefficient (Wildman–Crippen LogP) is 1.76. The molecular weight excluding hydrogens is 194 g/mol. The highest BCUT2D eigenvalue weighted by Crippen LogP contribution is 2.13. The van der Waals surface area contributed by atoms with E-state index in [-0.39, 0.29) is 5.91 Å². The fourth-order valence-electron chi connectivity index (χ4n) is 1.52. The molecule has 2 rings (SSSR count). The standard InChI is InChI=1S/C11H13NOS/c13-11-9-14-7-6-12(11)8-10-4-2-1-3-5-10/h1-5H,6-9H2. The van der Waals surface area contributed by atoms with E-state index in [0.717, 1.165) is 18.8 Å². The Morgan fingerprint density at radius 1 is 1.29 bits per heavy atom. The fraction of sp³-hybridized carbons (Fsp3) is 0.364. The van der Waals surface area contributed by atoms with Crippen LogP contribution in [0.4, 0.5) is 0 Å². The molecule has 74 valence electrons. The Morgan fingerprint density at radius 3 is 2.79 bits per heavy atom. The first-order valence-electron chi connectivity index (χ1n) is 4.76. The van der Waals surface area contributed by atoms with Gasteiger partial charge in [0.25, 0.3) is 0 Å². The Morgan fingerprint density at radius 2 is 2.07 bits per heavy atom. The van der Waals surface area contributed by atoms with Crippen molar-refractivity contribution in [3.8, 4) is 0 Å². The van der Waals surface area contributed by atoms with E-state index in [9.17, 15) is 4.79 Å². The molecule has 1 saturated heterocycles. The Hall–Kier alpha value is -0.960. The number of amides is 1. The van der Waals surface area contributed by atoms with E-state index in [1.54, 1.807) is 11.8 Å². The van der Waals surface area contributed by atoms with Gasteiger partial charge in [0.2, 0.25) is 5.91 Å². The smallest absolute Gasteiger partial charge is 0.232 e. The summed E-state index contributed by atoms with van der Waals surface area (Å²) < 4.78 is 0. The molecule has 1 aromatic rings. The summed E-state index contributed by atoms with van der Waals surface area (Å²) in [5.74, 6) is 1.98. The zero-order valence-corrected chi connectivity index (χ0v) is 8.80. The Kier molecular flexibility index (Phi) is 3.09. The maximum Gasteiger partial charge on any atom is 0.232 e. The zero-order chi connectivity index (χ0) is 9.80. The van der Waals surface area contributed by atoms with Crippen LogP contribution in [-0.4, -0.2) is 28.9 Å². The average Bonchev–Trinajstić information content (AvgIpc) is 2.23. The van der Waals surface area contributed by atoms with Gasteiger partial charge in [-0.3, -0.25) is 4.79 Å². The minimum Gasteiger partial charge on any atom is -0.337 e. The van der Waals surface area contributed by atoms with Crippen molar-refractivity contribution in [2.24, 2.45) is 0 Å². The van der Waals surface area contributed by atoms with E-state index < -0.39 is 0 Å². The van der Waals surface area contributed by atoms with Crippen molar-refractivity contribution >= 4 is 17.7 Å². The van der Waals surface area contributed by atoms with Crippen LogP contribution in [0.2, 0.25) is 0 Å². The van der Waals surface area contributed by atoms with Crippen molar-refractivity contribution in [2.75, 3.05) is 18.1 Å². The molecule has 0 unspecified atom stereocenters. The lowest BCUT2D eigenvalue weighted by molar-refractivity contribution is -0.129. The second-order valence-electron chi connectivity index (χ2n) is 3.35. The first kappa shape index (κ1) is 9.59. The summed E-state index contributed by atoms with van der Waals surface area (Å²) in [6.45, 7) is 1.65. The molecule has 1 heterocycles. The second-order valence-corrected chi connectivity index (χ2v) is 4.46. The van der Waals surface area contributed by atoms with Crippen molar-refractivity contribution < 1.29 is 4.79 Å². The Bertz CT molecular complexity index is 312. The molecule has 1 aliphatic heterocycles. The molecule has 3 heteroatoms. The maximum atomic E-state index is 11.5. The largest absolute Gasteiger partial charge is 0.337 e. The number of hydrogen-bond donors (Lipinski definition) is 0. The molecule has 0 spiro atoms. The van der Waals surface area contributed by atoms with E-state index in [1.165, 1.54) is 5.56 Å². The van der Waals surface area contributed by atoms with Crippen molar-refractivity contribution in [1.29, 1.82) is 0 Å². The molecule has 0 radical (unpaired) electrons. The average molecular weight is 207 g/mol. The highest BCUT2D eigenvalue weighted by atomic mass is 32.2. The van der Waals surface area contributed by atoms with Crippen LogP contribution in [0.15, 0.2) is 30.3 Å². The van der Waals surface area contributed by atoms with Crippen LogP contribution < -0.4 is 0 Å². The van der Waals surface area contributed by atoms with E-state index in [2.05, 4.69) is 12.1 Å². The minimum atomic E-state index is 0.269. The van der Waals surface area contributed by atoms with Gasteiger partial charge in [-0.25, -0.2) is 0 Å². The third kappa shape index (κ3) is 2.29. The number of hydrogen-bond acceptors (Lipinski definition) is 2. The van der Waals surface area contributed by atoms with Gasteiger partial charge in [-0.1, -0.05) is 30.3 Å². The van der Waals surface area contributed by atoms with Crippen LogP contribution in [0, 0.1) is 0 Å². The van der Waals surface area contributed by atoms with Crippen LogP contribution in [0.3, 0.4) is 0 Å². The van der Waals surface area contributed by atoms with Crippen molar-refractivity contribution in [3.63, 3.8) is 0 Å². The van der Waals surface area contributed by atoms with E-state index in [0.29, 0.717) is 5.75 Å². The first-order valence-corrected chi connectivity index (χ1v) is 5.91. The van der Waals surface area contributed by atoms with Crippen molar-refractivity contribution in [1.82, 2.24) is 4.90 Å². The number of carbonyl (C=O) groups excluding carboxylic acids is 1. The van der Waals surface area contributed by atoms with Crippen molar-refractivity contribution in [2.45, 2.75) is 6.54 Å². The Labute approximate surface area is 88.3 Å². The van der Waals surface area contributed by atoms with Gasteiger partial charge in [-0.2, -0.15) is 11.8 Å². The fourth-order valence-corrected chi connectivity index (χ4v) is 2.37. The van der Waals surface area contributed by atoms with E-state index in [4.69, 9.17) is 0 Å². The van der Waals surface area contributed by atoms with Crippen LogP contribution in [0.25, 0.3) is 0 Å². The molecule has 2 nitrogen and oxygen atoms in total. The molecule has 0 N–H and O–H groups in total. The monoisotopic (exact) mass is 207 g/mol. The SMILES string of the molecule is O=C1CSCCN1Cc1ccccc1. The van der Waals surface area contributed by atoms with Crippen LogP contribution in [0.5, 0.6) is 0 Å². The van der Waals surface area contributed by atoms with Gasteiger partial charge >= 0.3 is 0 Å². The van der Waals surface area contributed by atoms with Gasteiger partial charge in [0.05, 0.1) is 5.75 Å². The second kappa shape index (κ2) is 4.51. The van der Waals surface area contributed by atoms with E-state index >= 15 is 0 Å². The van der Waals surface area contributed by atoms with Crippen LogP contribution in [0.1, 0.15) is 5.56 Å². The Balaban J connectivity index is 2.00. The zero-order valence-electron chi connectivity index (χ0n) is 7.98. The molecule has 0 saturated carbocycles. The van der Waals surface area contributed by atoms with Gasteiger partial charge in [0.1, 0.15) is 0 Å². The van der Waals surface area contributed by atoms with Gasteiger partial charge in [0.15, 0.2) is 0 Å². The molecule has 0 atom stereocenters. The van der Waals surface area contributed by atoms with Crippen LogP contribution in [-0.2, 0) is 11.3 Å². The van der Waals surface area contributed by atoms with Crippen molar-refractivity contribution in [3.05, 3.63) is 35.9 Å². The number of rotatable bonds is 2. The number of nitrogens with zero attached hydrogens (tertiary/aromatic N) is 1. The summed E-state index contributed by atoms with van der Waals surface area (Å²) in [4.78, 5) is 13.4. The molecule has 14 heavy (non-hydrogen) atoms. The maximum absolute atomic E-state index is 11.5. The van der Waals surface area contributed by atoms with Gasteiger partial charge in [-0.15, -0.1) is 0 Å². The van der Waals surface area contributed by atoms with Crippen LogP contribution >= 0.6 is 11.8 Å². The lowest BCUT2D eigenvalue weighted by Crippen LogP contribution is -2.37. The molecular formula is C11H13NOS. The quantitative estimate of drug-likeness (QED) is 0.736. The summed E-state index contributed by atoms with van der Waals surface area (Å²) in [7, 11) is 0. The molecule has 1 aromatic carbocycles. The molecule has 1 amide bonds. The van der Waals surface area contributed by atoms with Gasteiger partial charge in [-0.05, 0) is 5.56 Å². The summed E-state index contributed by atoms with van der Waals surface area (Å²) in [5, 5.41) is 0.